The zero-order valence-corrected chi connectivity index (χ0v) is 24.0. The zero-order valence-electron chi connectivity index (χ0n) is 24.0. The average Bonchev–Trinajstić information content (AvgIpc) is 3.54. The number of aromatic nitrogens is 5. The Bertz CT molecular complexity index is 1540. The molecule has 4 aliphatic rings. The minimum absolute atomic E-state index is 0.0422. The van der Waals surface area contributed by atoms with Crippen molar-refractivity contribution in [2.45, 2.75) is 88.8 Å². The van der Waals surface area contributed by atoms with Crippen molar-refractivity contribution in [1.29, 1.82) is 0 Å². The van der Waals surface area contributed by atoms with Crippen LogP contribution in [0.4, 0.5) is 17.6 Å². The molecule has 230 valence electrons. The molecule has 5 atom stereocenters. The summed E-state index contributed by atoms with van der Waals surface area (Å²) in [7, 11) is 0. The van der Waals surface area contributed by atoms with Gasteiger partial charge in [-0.1, -0.05) is 0 Å². The smallest absolute Gasteiger partial charge is 0.270 e. The van der Waals surface area contributed by atoms with Gasteiger partial charge in [0.15, 0.2) is 5.65 Å². The summed E-state index contributed by atoms with van der Waals surface area (Å²) in [5.41, 5.74) is 2.18. The van der Waals surface area contributed by atoms with E-state index in [1.54, 1.807) is 33.9 Å². The predicted molar refractivity (Wildman–Crippen MR) is 146 cm³/mol. The summed E-state index contributed by atoms with van der Waals surface area (Å²) >= 11 is 0. The lowest BCUT2D eigenvalue weighted by atomic mass is 9.79. The molecule has 1 unspecified atom stereocenters. The van der Waals surface area contributed by atoms with Crippen LogP contribution in [0.3, 0.4) is 0 Å². The molecule has 0 aliphatic heterocycles. The van der Waals surface area contributed by atoms with Gasteiger partial charge in [0, 0.05) is 43.3 Å². The largest absolute Gasteiger partial charge is 0.349 e. The molecule has 2 N–H and O–H groups in total. The van der Waals surface area contributed by atoms with Crippen molar-refractivity contribution in [3.8, 4) is 0 Å². The molecule has 0 aromatic carbocycles. The van der Waals surface area contributed by atoms with E-state index in [2.05, 4.69) is 20.8 Å². The summed E-state index contributed by atoms with van der Waals surface area (Å²) in [5, 5.41) is 14.9. The van der Waals surface area contributed by atoms with Gasteiger partial charge in [-0.05, 0) is 75.0 Å². The number of carbonyl (C=O) groups is 2. The van der Waals surface area contributed by atoms with E-state index in [0.717, 1.165) is 18.4 Å². The Morgan fingerprint density at radius 3 is 2.40 bits per heavy atom. The van der Waals surface area contributed by atoms with Gasteiger partial charge in [0.1, 0.15) is 5.69 Å². The average molecular weight is 602 g/mol. The van der Waals surface area contributed by atoms with Gasteiger partial charge in [-0.25, -0.2) is 27.1 Å². The standard InChI is InChI=1S/C30H35F4N7O2/c1-15(2)41-23(5-6-35-41)28(43)39-27(18-8-20-21(9-18)30(20,33)34)22-14-40-24(37-22)10-19(13-36-40)26(17-3-4-17)38-25(42)7-16-11-29(31,32)12-16/h5-6,10,13-18,20-21,26-27H,3-4,7-9,11-12H2,1-2H3,(H,38,42)(H,39,43)/t18-,20-,21+,26?,27-/m0/s1. The first-order chi connectivity index (χ1) is 20.4. The number of amides is 2. The summed E-state index contributed by atoms with van der Waals surface area (Å²) in [6.45, 7) is 3.84. The zero-order chi connectivity index (χ0) is 30.3. The third-order valence-electron chi connectivity index (χ3n) is 9.73. The Morgan fingerprint density at radius 2 is 1.74 bits per heavy atom. The fraction of sp³-hybridized carbons (Fsp3) is 0.633. The fourth-order valence-electron chi connectivity index (χ4n) is 7.23. The summed E-state index contributed by atoms with van der Waals surface area (Å²) in [6.07, 6.45) is 6.96. The van der Waals surface area contributed by atoms with Crippen LogP contribution >= 0.6 is 0 Å². The summed E-state index contributed by atoms with van der Waals surface area (Å²) in [6, 6.07) is 2.52. The molecule has 43 heavy (non-hydrogen) atoms. The number of fused-ring (bicyclic) bond motifs is 2. The van der Waals surface area contributed by atoms with E-state index in [-0.39, 0.29) is 60.9 Å². The fourth-order valence-corrected chi connectivity index (χ4v) is 7.23. The minimum Gasteiger partial charge on any atom is -0.349 e. The molecule has 0 radical (unpaired) electrons. The summed E-state index contributed by atoms with van der Waals surface area (Å²) < 4.78 is 57.9. The highest BCUT2D eigenvalue weighted by molar-refractivity contribution is 5.92. The van der Waals surface area contributed by atoms with Gasteiger partial charge in [-0.3, -0.25) is 14.3 Å². The van der Waals surface area contributed by atoms with Gasteiger partial charge in [-0.2, -0.15) is 10.2 Å². The molecule has 13 heteroatoms. The Balaban J connectivity index is 1.12. The van der Waals surface area contributed by atoms with Gasteiger partial charge in [0.2, 0.25) is 11.8 Å². The Morgan fingerprint density at radius 1 is 1.02 bits per heavy atom. The van der Waals surface area contributed by atoms with Crippen LogP contribution in [0.1, 0.15) is 98.7 Å². The molecule has 4 fully saturated rings. The number of nitrogens with one attached hydrogen (secondary N) is 2. The van der Waals surface area contributed by atoms with Gasteiger partial charge in [0.05, 0.1) is 30.2 Å². The Hall–Kier alpha value is -3.51. The highest BCUT2D eigenvalue weighted by Crippen LogP contribution is 2.67. The number of hydrogen-bond donors (Lipinski definition) is 2. The second kappa shape index (κ2) is 10.0. The van der Waals surface area contributed by atoms with Crippen LogP contribution in [0.2, 0.25) is 0 Å². The van der Waals surface area contributed by atoms with E-state index in [4.69, 9.17) is 4.98 Å². The lowest BCUT2D eigenvalue weighted by Crippen LogP contribution is -2.39. The predicted octanol–water partition coefficient (Wildman–Crippen LogP) is 5.27. The third kappa shape index (κ3) is 5.28. The maximum absolute atomic E-state index is 14.1. The van der Waals surface area contributed by atoms with Gasteiger partial charge in [-0.15, -0.1) is 0 Å². The number of hydrogen-bond acceptors (Lipinski definition) is 5. The lowest BCUT2D eigenvalue weighted by Gasteiger charge is -2.34. The van der Waals surface area contributed by atoms with Crippen molar-refractivity contribution in [3.63, 3.8) is 0 Å². The minimum atomic E-state index is -2.67. The van der Waals surface area contributed by atoms with Gasteiger partial charge < -0.3 is 10.6 Å². The molecule has 0 spiro atoms. The SMILES string of the molecule is CC(C)n1nccc1C(=O)N[C@H](c1cn2ncc(C(NC(=O)CC3CC(F)(F)C3)C3CC3)cc2n1)[C@@H]1C[C@@H]2[C@H](C1)C2(F)F. The van der Waals surface area contributed by atoms with Crippen LogP contribution in [0.5, 0.6) is 0 Å². The van der Waals surface area contributed by atoms with Crippen LogP contribution in [0, 0.1) is 29.6 Å². The molecule has 3 aromatic rings. The first kappa shape index (κ1) is 28.3. The maximum Gasteiger partial charge on any atom is 0.270 e. The van der Waals surface area contributed by atoms with Crippen molar-refractivity contribution in [2.24, 2.45) is 29.6 Å². The highest BCUT2D eigenvalue weighted by atomic mass is 19.3. The van der Waals surface area contributed by atoms with Crippen molar-refractivity contribution in [1.82, 2.24) is 35.0 Å². The molecule has 4 aliphatic carbocycles. The number of carbonyl (C=O) groups excluding carboxylic acids is 2. The molecule has 4 saturated carbocycles. The lowest BCUT2D eigenvalue weighted by molar-refractivity contribution is -0.134. The molecule has 7 rings (SSSR count). The van der Waals surface area contributed by atoms with E-state index in [1.165, 1.54) is 0 Å². The first-order valence-electron chi connectivity index (χ1n) is 15.1. The normalized spacial score (nSPS) is 27.0. The highest BCUT2D eigenvalue weighted by Gasteiger charge is 2.72. The molecular formula is C30H35F4N7O2. The second-order valence-corrected chi connectivity index (χ2v) is 13.3. The molecule has 3 aromatic heterocycles. The topological polar surface area (TPSA) is 106 Å². The van der Waals surface area contributed by atoms with Crippen LogP contribution in [0.15, 0.2) is 30.7 Å². The van der Waals surface area contributed by atoms with E-state index in [9.17, 15) is 27.2 Å². The van der Waals surface area contributed by atoms with Crippen LogP contribution < -0.4 is 10.6 Å². The second-order valence-electron chi connectivity index (χ2n) is 13.3. The quantitative estimate of drug-likeness (QED) is 0.308. The summed E-state index contributed by atoms with van der Waals surface area (Å²) in [4.78, 5) is 30.9. The number of rotatable bonds is 10. The van der Waals surface area contributed by atoms with Crippen molar-refractivity contribution >= 4 is 17.5 Å². The van der Waals surface area contributed by atoms with Crippen LogP contribution in [-0.4, -0.2) is 48.0 Å². The van der Waals surface area contributed by atoms with Crippen molar-refractivity contribution in [2.75, 3.05) is 0 Å². The third-order valence-corrected chi connectivity index (χ3v) is 9.73. The van der Waals surface area contributed by atoms with Crippen molar-refractivity contribution < 1.29 is 27.2 Å². The molecular weight excluding hydrogens is 566 g/mol. The van der Waals surface area contributed by atoms with Crippen LogP contribution in [-0.2, 0) is 4.79 Å². The van der Waals surface area contributed by atoms with E-state index < -0.39 is 29.7 Å². The number of alkyl halides is 4. The Kier molecular flexibility index (Phi) is 6.59. The monoisotopic (exact) mass is 601 g/mol. The Labute approximate surface area is 245 Å². The van der Waals surface area contributed by atoms with E-state index in [0.29, 0.717) is 29.9 Å². The van der Waals surface area contributed by atoms with Gasteiger partial charge in [0.25, 0.3) is 11.8 Å². The first-order valence-corrected chi connectivity index (χ1v) is 15.1. The molecule has 9 nitrogen and oxygen atoms in total. The molecule has 0 bridgehead atoms. The van der Waals surface area contributed by atoms with Crippen molar-refractivity contribution in [3.05, 3.63) is 47.7 Å². The molecule has 2 amide bonds. The van der Waals surface area contributed by atoms with Gasteiger partial charge >= 0.3 is 0 Å². The molecule has 0 saturated heterocycles. The maximum atomic E-state index is 14.1. The van der Waals surface area contributed by atoms with E-state index in [1.807, 2.05) is 19.9 Å². The number of halogens is 4. The number of nitrogens with zero attached hydrogens (tertiary/aromatic N) is 5. The van der Waals surface area contributed by atoms with Crippen LogP contribution in [0.25, 0.3) is 5.65 Å². The molecule has 3 heterocycles. The number of imidazole rings is 1. The summed E-state index contributed by atoms with van der Waals surface area (Å²) in [5.74, 6) is -7.54. The van der Waals surface area contributed by atoms with E-state index >= 15 is 0 Å².